The van der Waals surface area contributed by atoms with Crippen LogP contribution in [0.15, 0.2) is 83.4 Å². The van der Waals surface area contributed by atoms with Gasteiger partial charge in [0.25, 0.3) is 0 Å². The van der Waals surface area contributed by atoms with Crippen molar-refractivity contribution in [3.8, 4) is 11.1 Å². The molecule has 1 aromatic heterocycles. The highest BCUT2D eigenvalue weighted by Gasteiger charge is 2.30. The molecule has 7 heteroatoms. The van der Waals surface area contributed by atoms with Gasteiger partial charge in [-0.3, -0.25) is 0 Å². The maximum Gasteiger partial charge on any atom is 0.416 e. The fraction of sp³-hybridized carbons (Fsp3) is 0.217. The van der Waals surface area contributed by atoms with Crippen molar-refractivity contribution in [1.82, 2.24) is 4.98 Å². The van der Waals surface area contributed by atoms with Gasteiger partial charge in [0.05, 0.1) is 5.56 Å². The van der Waals surface area contributed by atoms with Gasteiger partial charge in [-0.15, -0.1) is 0 Å². The number of hydrogen-bond acceptors (Lipinski definition) is 4. The van der Waals surface area contributed by atoms with Crippen LogP contribution in [0.1, 0.15) is 24.8 Å². The molecule has 0 spiro atoms. The molecular weight excluding hydrogens is 393 g/mol. The summed E-state index contributed by atoms with van der Waals surface area (Å²) < 4.78 is 50.3. The van der Waals surface area contributed by atoms with E-state index < -0.39 is 11.7 Å². The van der Waals surface area contributed by atoms with E-state index in [9.17, 15) is 13.2 Å². The van der Waals surface area contributed by atoms with Gasteiger partial charge in [-0.05, 0) is 48.2 Å². The predicted molar refractivity (Wildman–Crippen MR) is 108 cm³/mol. The summed E-state index contributed by atoms with van der Waals surface area (Å²) in [6.07, 6.45) is 7.54. The topological polar surface area (TPSA) is 43.7 Å². The largest absolute Gasteiger partial charge is 0.488 e. The van der Waals surface area contributed by atoms with Crippen molar-refractivity contribution in [3.05, 3.63) is 84.0 Å². The van der Waals surface area contributed by atoms with Crippen molar-refractivity contribution in [3.63, 3.8) is 0 Å². The van der Waals surface area contributed by atoms with E-state index in [4.69, 9.17) is 9.47 Å². The summed E-state index contributed by atoms with van der Waals surface area (Å²) in [5.74, 6) is 1.35. The van der Waals surface area contributed by atoms with Crippen LogP contribution in [0.3, 0.4) is 0 Å². The molecule has 154 valence electrons. The lowest BCUT2D eigenvalue weighted by atomic mass is 10.0. The van der Waals surface area contributed by atoms with Crippen molar-refractivity contribution in [2.75, 3.05) is 6.61 Å². The molecular formula is C23H19F3N2O2. The van der Waals surface area contributed by atoms with E-state index in [1.54, 1.807) is 24.5 Å². The second-order valence-corrected chi connectivity index (χ2v) is 6.95. The molecule has 0 radical (unpaired) electrons. The first-order chi connectivity index (χ1) is 14.5. The van der Waals surface area contributed by atoms with Crippen molar-refractivity contribution < 1.29 is 22.6 Å². The van der Waals surface area contributed by atoms with Crippen LogP contribution in [0.4, 0.5) is 19.0 Å². The molecule has 0 unspecified atom stereocenters. The highest BCUT2D eigenvalue weighted by atomic mass is 19.4. The maximum atomic E-state index is 13.0. The fourth-order valence-electron chi connectivity index (χ4n) is 3.23. The lowest BCUT2D eigenvalue weighted by molar-refractivity contribution is -0.137. The van der Waals surface area contributed by atoms with Crippen molar-refractivity contribution in [2.24, 2.45) is 4.99 Å². The second-order valence-electron chi connectivity index (χ2n) is 6.95. The first kappa shape index (κ1) is 19.9. The lowest BCUT2D eigenvalue weighted by Gasteiger charge is -2.18. The van der Waals surface area contributed by atoms with Crippen LogP contribution < -0.4 is 0 Å². The van der Waals surface area contributed by atoms with E-state index in [0.29, 0.717) is 35.0 Å². The predicted octanol–water partition coefficient (Wildman–Crippen LogP) is 6.35. The summed E-state index contributed by atoms with van der Waals surface area (Å²) in [6.45, 7) is 0.165. The SMILES string of the molecule is FC(F)(F)c1cccc(-c2ccnc(N=C3COC=C(CC4=CC=CCC4)O3)c2)c1. The summed E-state index contributed by atoms with van der Waals surface area (Å²) >= 11 is 0. The molecule has 2 aliphatic rings. The van der Waals surface area contributed by atoms with Crippen LogP contribution >= 0.6 is 0 Å². The first-order valence-electron chi connectivity index (χ1n) is 9.52. The Balaban J connectivity index is 1.52. The summed E-state index contributed by atoms with van der Waals surface area (Å²) in [4.78, 5) is 8.57. The zero-order chi connectivity index (χ0) is 21.0. The number of hydrogen-bond donors (Lipinski definition) is 0. The molecule has 30 heavy (non-hydrogen) atoms. The molecule has 0 saturated heterocycles. The molecule has 0 N–H and O–H groups in total. The number of rotatable bonds is 4. The lowest BCUT2D eigenvalue weighted by Crippen LogP contribution is -2.17. The van der Waals surface area contributed by atoms with Crippen LogP contribution in [-0.4, -0.2) is 17.5 Å². The zero-order valence-corrected chi connectivity index (χ0v) is 16.0. The highest BCUT2D eigenvalue weighted by Crippen LogP contribution is 2.32. The Morgan fingerprint density at radius 3 is 2.77 bits per heavy atom. The molecule has 4 nitrogen and oxygen atoms in total. The number of benzene rings is 1. The smallest absolute Gasteiger partial charge is 0.416 e. The summed E-state index contributed by atoms with van der Waals surface area (Å²) in [6, 6.07) is 8.43. The zero-order valence-electron chi connectivity index (χ0n) is 16.0. The molecule has 1 aliphatic carbocycles. The average Bonchev–Trinajstić information content (AvgIpc) is 2.74. The second kappa shape index (κ2) is 8.57. The summed E-state index contributed by atoms with van der Waals surface area (Å²) in [5.41, 5.74) is 1.57. The number of nitrogens with zero attached hydrogens (tertiary/aromatic N) is 2. The molecule has 2 aromatic rings. The quantitative estimate of drug-likeness (QED) is 0.588. The Labute approximate surface area is 172 Å². The van der Waals surface area contributed by atoms with Gasteiger partial charge in [-0.1, -0.05) is 35.9 Å². The van der Waals surface area contributed by atoms with Crippen LogP contribution in [0.5, 0.6) is 0 Å². The van der Waals surface area contributed by atoms with Gasteiger partial charge >= 0.3 is 6.18 Å². The Kier molecular flexibility index (Phi) is 5.70. The van der Waals surface area contributed by atoms with E-state index in [1.807, 2.05) is 6.08 Å². The molecule has 2 heterocycles. The third kappa shape index (κ3) is 4.97. The van der Waals surface area contributed by atoms with Gasteiger partial charge in [0.2, 0.25) is 5.90 Å². The summed E-state index contributed by atoms with van der Waals surface area (Å²) in [5, 5.41) is 0. The van der Waals surface area contributed by atoms with Gasteiger partial charge in [-0.25, -0.2) is 4.98 Å². The number of aromatic nitrogens is 1. The monoisotopic (exact) mass is 412 g/mol. The number of aliphatic imine (C=N–C) groups is 1. The van der Waals surface area contributed by atoms with Gasteiger partial charge < -0.3 is 9.47 Å². The number of halogens is 3. The molecule has 1 aromatic carbocycles. The molecule has 4 rings (SSSR count). The molecule has 0 fully saturated rings. The van der Waals surface area contributed by atoms with Gasteiger partial charge in [-0.2, -0.15) is 18.2 Å². The Morgan fingerprint density at radius 2 is 1.97 bits per heavy atom. The van der Waals surface area contributed by atoms with Crippen molar-refractivity contribution in [2.45, 2.75) is 25.4 Å². The molecule has 1 aliphatic heterocycles. The van der Waals surface area contributed by atoms with E-state index in [-0.39, 0.29) is 6.61 Å². The van der Waals surface area contributed by atoms with Crippen LogP contribution in [0.25, 0.3) is 11.1 Å². The van der Waals surface area contributed by atoms with Crippen molar-refractivity contribution >= 4 is 11.7 Å². The maximum absolute atomic E-state index is 13.0. The minimum atomic E-state index is -4.40. The fourth-order valence-corrected chi connectivity index (χ4v) is 3.23. The molecule has 0 atom stereocenters. The molecule has 0 bridgehead atoms. The third-order valence-corrected chi connectivity index (χ3v) is 4.68. The van der Waals surface area contributed by atoms with Crippen molar-refractivity contribution in [1.29, 1.82) is 0 Å². The van der Waals surface area contributed by atoms with E-state index in [1.165, 1.54) is 17.8 Å². The van der Waals surface area contributed by atoms with E-state index in [0.717, 1.165) is 25.0 Å². The van der Waals surface area contributed by atoms with Gasteiger partial charge in [0, 0.05) is 12.6 Å². The highest BCUT2D eigenvalue weighted by molar-refractivity contribution is 5.82. The van der Waals surface area contributed by atoms with Gasteiger partial charge in [0.1, 0.15) is 12.0 Å². The Bertz CT molecular complexity index is 1050. The summed E-state index contributed by atoms with van der Waals surface area (Å²) in [7, 11) is 0. The van der Waals surface area contributed by atoms with Crippen LogP contribution in [0.2, 0.25) is 0 Å². The normalized spacial score (nSPS) is 17.8. The molecule has 0 saturated carbocycles. The van der Waals surface area contributed by atoms with E-state index in [2.05, 4.69) is 22.1 Å². The van der Waals surface area contributed by atoms with Crippen LogP contribution in [0, 0.1) is 0 Å². The average molecular weight is 412 g/mol. The Morgan fingerprint density at radius 1 is 1.10 bits per heavy atom. The van der Waals surface area contributed by atoms with Gasteiger partial charge in [0.15, 0.2) is 12.4 Å². The third-order valence-electron chi connectivity index (χ3n) is 4.68. The first-order valence-corrected chi connectivity index (χ1v) is 9.52. The number of alkyl halides is 3. The minimum absolute atomic E-state index is 0.165. The molecule has 0 amide bonds. The standard InChI is InChI=1S/C23H19F3N2O2/c24-23(25,26)19-8-4-7-17(12-19)18-9-10-27-21(13-18)28-22-15-29-14-20(30-22)11-16-5-2-1-3-6-16/h1-2,4-5,7-10,12-14H,3,6,11,15H2. The Hall–Kier alpha value is -3.35. The number of allylic oxidation sites excluding steroid dienone is 4. The van der Waals surface area contributed by atoms with Crippen LogP contribution in [-0.2, 0) is 15.7 Å². The minimum Gasteiger partial charge on any atom is -0.488 e. The number of ether oxygens (including phenoxy) is 2. The number of pyridine rings is 1. The van der Waals surface area contributed by atoms with E-state index >= 15 is 0 Å².